The second-order valence-corrected chi connectivity index (χ2v) is 7.10. The van der Waals surface area contributed by atoms with Gasteiger partial charge in [-0.15, -0.1) is 0 Å². The maximum Gasteiger partial charge on any atom is 0.209 e. The van der Waals surface area contributed by atoms with Crippen LogP contribution in [0.1, 0.15) is 97.8 Å². The Hall–Kier alpha value is -0.860. The number of carbonyl (C=O) groups excluding carboxylic acids is 2. The fourth-order valence-corrected chi connectivity index (χ4v) is 3.65. The molecule has 3 rings (SSSR count). The van der Waals surface area contributed by atoms with E-state index in [1.54, 1.807) is 0 Å². The van der Waals surface area contributed by atoms with Crippen LogP contribution in [0.25, 0.3) is 0 Å². The third kappa shape index (κ3) is 10.5. The summed E-state index contributed by atoms with van der Waals surface area (Å²) in [4.78, 5) is 21.2. The number of rotatable bonds is 1. The largest absolute Gasteiger partial charge is 0.345 e. The minimum atomic E-state index is 0.556. The Balaban J connectivity index is 0.000000342. The fraction of sp³-hybridized carbons (Fsp3) is 0.900. The van der Waals surface area contributed by atoms with E-state index in [0.29, 0.717) is 5.41 Å². The molecule has 0 aromatic carbocycles. The van der Waals surface area contributed by atoms with Gasteiger partial charge < -0.3 is 9.69 Å². The molecule has 136 valence electrons. The molecule has 3 nitrogen and oxygen atoms in total. The molecule has 0 atom stereocenters. The first-order valence-corrected chi connectivity index (χ1v) is 9.77. The predicted molar refractivity (Wildman–Crippen MR) is 98.6 cm³/mol. The van der Waals surface area contributed by atoms with Crippen LogP contribution < -0.4 is 0 Å². The molecule has 0 unspecified atom stereocenters. The summed E-state index contributed by atoms with van der Waals surface area (Å²) >= 11 is 0. The highest BCUT2D eigenvalue weighted by Gasteiger charge is 2.39. The van der Waals surface area contributed by atoms with Gasteiger partial charge in [0.25, 0.3) is 0 Å². The number of carbonyl (C=O) groups is 2. The van der Waals surface area contributed by atoms with E-state index in [0.717, 1.165) is 25.8 Å². The van der Waals surface area contributed by atoms with Gasteiger partial charge in [-0.1, -0.05) is 71.6 Å². The highest BCUT2D eigenvalue weighted by atomic mass is 16.1. The van der Waals surface area contributed by atoms with E-state index in [4.69, 9.17) is 4.79 Å². The summed E-state index contributed by atoms with van der Waals surface area (Å²) in [6.45, 7) is 7.74. The lowest BCUT2D eigenvalue weighted by Gasteiger charge is -2.21. The van der Waals surface area contributed by atoms with Crippen molar-refractivity contribution in [1.82, 2.24) is 4.90 Å². The highest BCUT2D eigenvalue weighted by molar-refractivity contribution is 5.47. The molecular formula is C20H39NO2. The minimum absolute atomic E-state index is 0.556. The highest BCUT2D eigenvalue weighted by Crippen LogP contribution is 2.44. The molecule has 1 saturated heterocycles. The van der Waals surface area contributed by atoms with E-state index in [-0.39, 0.29) is 0 Å². The summed E-state index contributed by atoms with van der Waals surface area (Å²) in [6.07, 6.45) is 18.7. The first-order valence-electron chi connectivity index (χ1n) is 9.77. The van der Waals surface area contributed by atoms with E-state index in [1.165, 1.54) is 84.0 Å². The van der Waals surface area contributed by atoms with Crippen molar-refractivity contribution in [1.29, 1.82) is 0 Å². The SMILES string of the molecule is C1CCCCC1.CC=O.CCC.O=CN1CCC2(CCCC2)C1. The average Bonchev–Trinajstić information content (AvgIpc) is 3.21. The van der Waals surface area contributed by atoms with Gasteiger partial charge in [-0.05, 0) is 31.6 Å². The van der Waals surface area contributed by atoms with Gasteiger partial charge >= 0.3 is 0 Å². The average molecular weight is 326 g/mol. The lowest BCUT2D eigenvalue weighted by molar-refractivity contribution is -0.117. The Morgan fingerprint density at radius 3 is 1.52 bits per heavy atom. The normalized spacial score (nSPS) is 21.1. The van der Waals surface area contributed by atoms with Crippen molar-refractivity contribution in [2.45, 2.75) is 97.8 Å². The molecule has 2 aliphatic carbocycles. The molecule has 0 N–H and O–H groups in total. The van der Waals surface area contributed by atoms with Crippen molar-refractivity contribution >= 4 is 12.7 Å². The molecule has 23 heavy (non-hydrogen) atoms. The van der Waals surface area contributed by atoms with Gasteiger partial charge in [-0.25, -0.2) is 0 Å². The molecule has 1 heterocycles. The standard InChI is InChI=1S/C9H15NO.C6H12.C3H8.C2H4O/c11-8-10-6-5-9(7-10)3-1-2-4-9;1-2-4-6-5-3-1;1-3-2;1-2-3/h8H,1-7H2;1-6H2;3H2,1-2H3;2H,1H3. The summed E-state index contributed by atoms with van der Waals surface area (Å²) in [5.41, 5.74) is 0.556. The fourth-order valence-electron chi connectivity index (χ4n) is 3.65. The molecule has 0 radical (unpaired) electrons. The van der Waals surface area contributed by atoms with Crippen LogP contribution in [0.2, 0.25) is 0 Å². The summed E-state index contributed by atoms with van der Waals surface area (Å²) in [6, 6.07) is 0. The molecule has 1 aliphatic heterocycles. The zero-order chi connectivity index (χ0) is 17.4. The molecular weight excluding hydrogens is 286 g/mol. The van der Waals surface area contributed by atoms with Crippen molar-refractivity contribution in [3.05, 3.63) is 0 Å². The van der Waals surface area contributed by atoms with Gasteiger partial charge in [0, 0.05) is 13.1 Å². The van der Waals surface area contributed by atoms with Gasteiger partial charge in [0.1, 0.15) is 6.29 Å². The zero-order valence-electron chi connectivity index (χ0n) is 15.8. The Labute approximate surface area is 144 Å². The number of aldehydes is 1. The summed E-state index contributed by atoms with van der Waals surface area (Å²) < 4.78 is 0. The molecule has 0 aromatic rings. The van der Waals surface area contributed by atoms with E-state index in [1.807, 2.05) is 4.90 Å². The summed E-state index contributed by atoms with van der Waals surface area (Å²) in [5, 5.41) is 0. The van der Waals surface area contributed by atoms with Crippen LogP contribution in [0.15, 0.2) is 0 Å². The van der Waals surface area contributed by atoms with Crippen molar-refractivity contribution < 1.29 is 9.59 Å². The second-order valence-electron chi connectivity index (χ2n) is 7.10. The Bertz CT molecular complexity index is 270. The van der Waals surface area contributed by atoms with Crippen LogP contribution in [-0.2, 0) is 9.59 Å². The van der Waals surface area contributed by atoms with Gasteiger partial charge in [0.15, 0.2) is 0 Å². The van der Waals surface area contributed by atoms with Crippen LogP contribution in [0, 0.1) is 5.41 Å². The van der Waals surface area contributed by atoms with Crippen molar-refractivity contribution in [3.63, 3.8) is 0 Å². The minimum Gasteiger partial charge on any atom is -0.345 e. The van der Waals surface area contributed by atoms with Crippen LogP contribution in [0.5, 0.6) is 0 Å². The number of hydrogen-bond donors (Lipinski definition) is 0. The third-order valence-electron chi connectivity index (χ3n) is 4.78. The topological polar surface area (TPSA) is 37.4 Å². The number of hydrogen-bond acceptors (Lipinski definition) is 2. The first-order chi connectivity index (χ1) is 11.2. The smallest absolute Gasteiger partial charge is 0.209 e. The molecule has 0 bridgehead atoms. The molecule has 3 aliphatic rings. The van der Waals surface area contributed by atoms with Gasteiger partial charge in [-0.2, -0.15) is 0 Å². The monoisotopic (exact) mass is 325 g/mol. The zero-order valence-corrected chi connectivity index (χ0v) is 15.8. The maximum atomic E-state index is 10.5. The van der Waals surface area contributed by atoms with Gasteiger partial charge in [0.05, 0.1) is 0 Å². The van der Waals surface area contributed by atoms with Crippen molar-refractivity contribution in [2.75, 3.05) is 13.1 Å². The predicted octanol–water partition coefficient (Wildman–Crippen LogP) is 5.37. The van der Waals surface area contributed by atoms with Crippen LogP contribution in [-0.4, -0.2) is 30.7 Å². The molecule has 3 heteroatoms. The Kier molecular flexibility index (Phi) is 14.2. The molecule has 0 aromatic heterocycles. The second kappa shape index (κ2) is 14.7. The van der Waals surface area contributed by atoms with Crippen molar-refractivity contribution in [3.8, 4) is 0 Å². The van der Waals surface area contributed by atoms with Gasteiger partial charge in [0.2, 0.25) is 6.41 Å². The third-order valence-corrected chi connectivity index (χ3v) is 4.78. The van der Waals surface area contributed by atoms with E-state index in [2.05, 4.69) is 13.8 Å². The lowest BCUT2D eigenvalue weighted by atomic mass is 9.86. The van der Waals surface area contributed by atoms with Crippen LogP contribution in [0.3, 0.4) is 0 Å². The Morgan fingerprint density at radius 2 is 1.22 bits per heavy atom. The van der Waals surface area contributed by atoms with Gasteiger partial charge in [-0.3, -0.25) is 4.79 Å². The quantitative estimate of drug-likeness (QED) is 0.608. The lowest BCUT2D eigenvalue weighted by Crippen LogP contribution is -2.23. The molecule has 2 saturated carbocycles. The van der Waals surface area contributed by atoms with E-state index < -0.39 is 0 Å². The van der Waals surface area contributed by atoms with E-state index >= 15 is 0 Å². The summed E-state index contributed by atoms with van der Waals surface area (Å²) in [7, 11) is 0. The molecule has 1 amide bonds. The van der Waals surface area contributed by atoms with Crippen LogP contribution >= 0.6 is 0 Å². The number of nitrogens with zero attached hydrogens (tertiary/aromatic N) is 1. The number of likely N-dealkylation sites (tertiary alicyclic amines) is 1. The maximum absolute atomic E-state index is 10.5. The Morgan fingerprint density at radius 1 is 0.826 bits per heavy atom. The number of amides is 1. The first kappa shape index (κ1) is 22.1. The summed E-state index contributed by atoms with van der Waals surface area (Å²) in [5.74, 6) is 0. The molecule has 3 fully saturated rings. The van der Waals surface area contributed by atoms with E-state index in [9.17, 15) is 4.79 Å². The van der Waals surface area contributed by atoms with Crippen LogP contribution in [0.4, 0.5) is 0 Å². The van der Waals surface area contributed by atoms with Crippen molar-refractivity contribution in [2.24, 2.45) is 5.41 Å². The molecule has 1 spiro atoms.